The van der Waals surface area contributed by atoms with Crippen molar-refractivity contribution in [3.63, 3.8) is 0 Å². The van der Waals surface area contributed by atoms with Gasteiger partial charge in [-0.25, -0.2) is 0 Å². The van der Waals surface area contributed by atoms with Gasteiger partial charge in [0.15, 0.2) is 0 Å². The van der Waals surface area contributed by atoms with E-state index in [0.717, 1.165) is 21.1 Å². The van der Waals surface area contributed by atoms with Gasteiger partial charge in [-0.2, -0.15) is 0 Å². The van der Waals surface area contributed by atoms with Gasteiger partial charge in [-0.15, -0.1) is 0 Å². The van der Waals surface area contributed by atoms with Gasteiger partial charge >= 0.3 is 0 Å². The molecular formula is C73H107ClN12O14. The Morgan fingerprint density at radius 1 is 0.550 bits per heavy atom. The van der Waals surface area contributed by atoms with Crippen LogP contribution in [0.5, 0.6) is 5.75 Å². The lowest BCUT2D eigenvalue weighted by Gasteiger charge is -2.38. The summed E-state index contributed by atoms with van der Waals surface area (Å²) in [6, 6.07) is 9.98. The molecule has 1 unspecified atom stereocenters. The number of ether oxygens (including phenoxy) is 1. The summed E-state index contributed by atoms with van der Waals surface area (Å²) >= 11 is 6.34. The molecule has 2 aliphatic heterocycles. The summed E-state index contributed by atoms with van der Waals surface area (Å²) in [5.74, 6) is -10.0. The van der Waals surface area contributed by atoms with Crippen LogP contribution >= 0.6 is 11.6 Å². The summed E-state index contributed by atoms with van der Waals surface area (Å²) in [7, 11) is 9.55. The molecule has 3 aromatic rings. The third kappa shape index (κ3) is 22.4. The van der Waals surface area contributed by atoms with Crippen LogP contribution in [-0.4, -0.2) is 257 Å². The number of hydrogen-bond acceptors (Lipinski definition) is 14. The van der Waals surface area contributed by atoms with Gasteiger partial charge in [0.2, 0.25) is 70.9 Å². The molecule has 26 nitrogen and oxygen atoms in total. The number of carbonyl (C=O) groups excluding carboxylic acids is 12. The van der Waals surface area contributed by atoms with Gasteiger partial charge in [0.1, 0.15) is 72.8 Å². The van der Waals surface area contributed by atoms with E-state index in [2.05, 4.69) is 21.3 Å². The number of nitrogens with zero attached hydrogens (tertiary/aromatic N) is 8. The lowest BCUT2D eigenvalue weighted by molar-refractivity contribution is -0.152. The Bertz CT molecular complexity index is 3320. The molecule has 12 amide bonds. The van der Waals surface area contributed by atoms with Crippen LogP contribution in [0.2, 0.25) is 5.02 Å². The van der Waals surface area contributed by atoms with Gasteiger partial charge < -0.3 is 70.3 Å². The van der Waals surface area contributed by atoms with Crippen molar-refractivity contribution < 1.29 is 67.4 Å². The number of likely N-dealkylation sites (N-methyl/N-ethyl adjacent to an activating group) is 7. The number of hydrogen-bond donors (Lipinski definition) is 5. The zero-order valence-electron chi connectivity index (χ0n) is 61.1. The third-order valence-electron chi connectivity index (χ3n) is 19.0. The smallest absolute Gasteiger partial charge is 0.249 e. The Balaban J connectivity index is 1.67. The Morgan fingerprint density at radius 2 is 1.08 bits per heavy atom. The van der Waals surface area contributed by atoms with Crippen molar-refractivity contribution in [2.75, 3.05) is 75.6 Å². The van der Waals surface area contributed by atoms with Gasteiger partial charge in [0, 0.05) is 80.3 Å². The number of aliphatic hydroxyl groups is 1. The fraction of sp³-hybridized carbons (Fsp3) is 0.589. The Hall–Kier alpha value is -8.65. The van der Waals surface area contributed by atoms with Crippen LogP contribution in [0.1, 0.15) is 118 Å². The monoisotopic (exact) mass is 1410 g/mol. The van der Waals surface area contributed by atoms with Crippen LogP contribution in [0, 0.1) is 17.8 Å². The number of carbonyl (C=O) groups is 12. The van der Waals surface area contributed by atoms with Crippen molar-refractivity contribution in [2.24, 2.45) is 17.8 Å². The first-order valence-corrected chi connectivity index (χ1v) is 34.9. The zero-order valence-corrected chi connectivity index (χ0v) is 61.8. The normalized spacial score (nSPS) is 25.2. The van der Waals surface area contributed by atoms with Crippen LogP contribution in [0.15, 0.2) is 84.9 Å². The van der Waals surface area contributed by atoms with Crippen LogP contribution in [0.4, 0.5) is 0 Å². The number of rotatable bonds is 15. The maximum atomic E-state index is 15.4. The molecule has 2 fully saturated rings. The summed E-state index contributed by atoms with van der Waals surface area (Å²) in [5.41, 5.74) is 1.27. The minimum Gasteiger partial charge on any atom is -0.491 e. The largest absolute Gasteiger partial charge is 0.491 e. The Labute approximate surface area is 594 Å². The highest BCUT2D eigenvalue weighted by molar-refractivity contribution is 6.30. The van der Waals surface area contributed by atoms with Gasteiger partial charge in [-0.05, 0) is 100.0 Å². The van der Waals surface area contributed by atoms with Crippen LogP contribution in [0.25, 0.3) is 0 Å². The number of amides is 12. The first-order valence-electron chi connectivity index (χ1n) is 34.6. The molecule has 0 spiro atoms. The van der Waals surface area contributed by atoms with E-state index < -0.39 is 163 Å². The summed E-state index contributed by atoms with van der Waals surface area (Å²) in [4.78, 5) is 188. The van der Waals surface area contributed by atoms with E-state index in [0.29, 0.717) is 48.5 Å². The molecule has 2 heterocycles. The second kappa shape index (κ2) is 38.2. The van der Waals surface area contributed by atoms with E-state index in [9.17, 15) is 43.5 Å². The maximum Gasteiger partial charge on any atom is 0.249 e. The SMILES string of the molecule is CC[C@H](C)[C@H]1C(=O)N[C@@H]([C@@H](C)O)C(=O)N(C)CC(=O)N(C)[C@@H](CC(C)C)C(=O)N[C@H](C(=O)N2CCCCC2)CC(=O)N(C)[C@@H](C)C(=O)NC(COc2cccc(Cl)c2)C(=O)N(C)[C@@H](CC(C)C)C(=O)N(C)[C@@H](Cc2ccccc2)C(=O)N[C@@H](C)C(=O)N(C)[C@@H](Cc2ccccc2)C(=O)N1C. The van der Waals surface area contributed by atoms with E-state index in [1.54, 1.807) is 97.6 Å². The first kappa shape index (κ1) is 82.0. The van der Waals surface area contributed by atoms with Gasteiger partial charge in [-0.3, -0.25) is 57.5 Å². The second-order valence-electron chi connectivity index (χ2n) is 27.6. The van der Waals surface area contributed by atoms with Crippen molar-refractivity contribution in [1.82, 2.24) is 60.5 Å². The highest BCUT2D eigenvalue weighted by Crippen LogP contribution is 2.24. The number of benzene rings is 3. The molecular weight excluding hydrogens is 1300 g/mol. The predicted molar refractivity (Wildman–Crippen MR) is 378 cm³/mol. The lowest BCUT2D eigenvalue weighted by Crippen LogP contribution is -2.62. The van der Waals surface area contributed by atoms with Gasteiger partial charge in [-0.1, -0.05) is 126 Å². The highest BCUT2D eigenvalue weighted by atomic mass is 35.5. The van der Waals surface area contributed by atoms with Crippen molar-refractivity contribution in [3.05, 3.63) is 101 Å². The predicted octanol–water partition coefficient (Wildman–Crippen LogP) is 3.54. The van der Waals surface area contributed by atoms with E-state index in [1.807, 2.05) is 27.7 Å². The molecule has 5 rings (SSSR count). The molecule has 27 heteroatoms. The van der Waals surface area contributed by atoms with E-state index in [-0.39, 0.29) is 43.3 Å². The van der Waals surface area contributed by atoms with Crippen LogP contribution in [0.3, 0.4) is 0 Å². The molecule has 550 valence electrons. The number of likely N-dealkylation sites (tertiary alicyclic amines) is 1. The summed E-state index contributed by atoms with van der Waals surface area (Å²) in [6.45, 7) is 14.4. The number of aliphatic hydroxyl groups excluding tert-OH is 1. The Morgan fingerprint density at radius 3 is 1.63 bits per heavy atom. The minimum atomic E-state index is -1.68. The Kier molecular flexibility index (Phi) is 31.4. The van der Waals surface area contributed by atoms with Crippen molar-refractivity contribution >= 4 is 82.5 Å². The summed E-state index contributed by atoms with van der Waals surface area (Å²) < 4.78 is 6.11. The molecule has 0 aromatic heterocycles. The van der Waals surface area contributed by atoms with Crippen molar-refractivity contribution in [3.8, 4) is 5.75 Å². The molecule has 0 bridgehead atoms. The summed E-state index contributed by atoms with van der Waals surface area (Å²) in [5, 5.41) is 22.5. The molecule has 3 aromatic carbocycles. The number of halogens is 1. The zero-order chi connectivity index (χ0) is 74.6. The fourth-order valence-electron chi connectivity index (χ4n) is 12.4. The highest BCUT2D eigenvalue weighted by Gasteiger charge is 2.44. The molecule has 5 N–H and O–H groups in total. The fourth-order valence-corrected chi connectivity index (χ4v) is 12.6. The molecule has 12 atom stereocenters. The molecule has 0 radical (unpaired) electrons. The quantitative estimate of drug-likeness (QED) is 0.146. The molecule has 0 aliphatic carbocycles. The van der Waals surface area contributed by atoms with E-state index in [1.165, 1.54) is 95.8 Å². The molecule has 2 aliphatic rings. The summed E-state index contributed by atoms with van der Waals surface area (Å²) in [6.07, 6.45) is 0.257. The molecule has 2 saturated heterocycles. The standard InChI is InChI=1S/C73H107ClN12O14/c1-17-46(6)63-67(93)78-62(49(9)87)73(99)79(10)42-61(89)81(12)56(36-44(2)3)66(92)76-54(70(96)86-34-25-20-26-35-86)41-60(88)80(11)48(8)64(90)77-55(43-100-53-33-27-32-52(74)40-53)69(95)84(15)58(37-45(4)5)71(97)82(13)57(38-50-28-21-18-22-29-50)65(91)75-47(7)68(94)83(14)59(72(98)85(63)16)39-51-30-23-19-24-31-51/h18-19,21-24,27-33,40,44-49,54-59,62-63,87H,17,20,25-26,34-39,41-43H2,1-16H3,(H,75,91)(H,76,92)(H,77,90)(H,78,93)/t46-,47-,48-,49+,54-,55?,56-,57-,58-,59-,62-,63-/m0/s1. The number of nitrogens with one attached hydrogen (secondary N) is 4. The maximum absolute atomic E-state index is 15.4. The molecule has 100 heavy (non-hydrogen) atoms. The topological polar surface area (TPSA) is 308 Å². The van der Waals surface area contributed by atoms with E-state index >= 15 is 19.2 Å². The number of piperidine rings is 1. The van der Waals surface area contributed by atoms with Crippen molar-refractivity contribution in [1.29, 1.82) is 0 Å². The van der Waals surface area contributed by atoms with Gasteiger partial charge in [0.25, 0.3) is 0 Å². The minimum absolute atomic E-state index is 0.0499. The second-order valence-corrected chi connectivity index (χ2v) is 28.1. The van der Waals surface area contributed by atoms with Crippen LogP contribution < -0.4 is 26.0 Å². The average Bonchev–Trinajstić information content (AvgIpc) is 0.819. The average molecular weight is 1410 g/mol. The molecule has 0 saturated carbocycles. The van der Waals surface area contributed by atoms with Crippen LogP contribution in [-0.2, 0) is 70.4 Å². The third-order valence-corrected chi connectivity index (χ3v) is 19.2. The lowest BCUT2D eigenvalue weighted by atomic mass is 9.94. The van der Waals surface area contributed by atoms with Gasteiger partial charge in [0.05, 0.1) is 19.1 Å². The van der Waals surface area contributed by atoms with E-state index in [4.69, 9.17) is 16.3 Å². The first-order chi connectivity index (χ1) is 47.1. The van der Waals surface area contributed by atoms with Crippen molar-refractivity contribution in [2.45, 2.75) is 187 Å².